The SMILES string of the molecule is NC[C@H]1CN(c2ccc(N3CCON(C(=O)NC4CCOCC4)CC3)c(F)c2)C(=O)O1. The van der Waals surface area contributed by atoms with Crippen LogP contribution in [0.5, 0.6) is 0 Å². The molecule has 4 rings (SSSR count). The number of hydrogen-bond acceptors (Lipinski definition) is 7. The van der Waals surface area contributed by atoms with E-state index < -0.39 is 18.0 Å². The number of amides is 3. The van der Waals surface area contributed by atoms with Crippen molar-refractivity contribution in [1.29, 1.82) is 0 Å². The van der Waals surface area contributed by atoms with Crippen molar-refractivity contribution in [3.63, 3.8) is 0 Å². The van der Waals surface area contributed by atoms with Gasteiger partial charge in [0.25, 0.3) is 0 Å². The monoisotopic (exact) mass is 437 g/mol. The first kappa shape index (κ1) is 21.6. The third-order valence-corrected chi connectivity index (χ3v) is 5.68. The van der Waals surface area contributed by atoms with E-state index in [2.05, 4.69) is 5.32 Å². The van der Waals surface area contributed by atoms with Crippen molar-refractivity contribution >= 4 is 23.5 Å². The molecule has 11 heteroatoms. The molecule has 3 N–H and O–H groups in total. The quantitative estimate of drug-likeness (QED) is 0.725. The van der Waals surface area contributed by atoms with Gasteiger partial charge in [0.1, 0.15) is 11.9 Å². The largest absolute Gasteiger partial charge is 0.443 e. The Kier molecular flexibility index (Phi) is 6.73. The summed E-state index contributed by atoms with van der Waals surface area (Å²) in [5, 5.41) is 4.27. The smallest absolute Gasteiger partial charge is 0.414 e. The molecule has 0 aromatic heterocycles. The molecule has 1 atom stereocenters. The van der Waals surface area contributed by atoms with Gasteiger partial charge in [0, 0.05) is 38.9 Å². The molecule has 1 aromatic carbocycles. The van der Waals surface area contributed by atoms with E-state index in [9.17, 15) is 14.0 Å². The lowest BCUT2D eigenvalue weighted by molar-refractivity contribution is -0.106. The van der Waals surface area contributed by atoms with Gasteiger partial charge in [0.2, 0.25) is 0 Å². The maximum Gasteiger partial charge on any atom is 0.414 e. The van der Waals surface area contributed by atoms with Crippen molar-refractivity contribution in [3.05, 3.63) is 24.0 Å². The first-order chi connectivity index (χ1) is 15.0. The van der Waals surface area contributed by atoms with Crippen molar-refractivity contribution in [3.8, 4) is 0 Å². The highest BCUT2D eigenvalue weighted by Crippen LogP contribution is 2.28. The molecule has 3 amide bonds. The van der Waals surface area contributed by atoms with E-state index in [1.165, 1.54) is 16.0 Å². The Hall–Kier alpha value is -2.63. The van der Waals surface area contributed by atoms with E-state index in [1.807, 2.05) is 4.90 Å². The minimum Gasteiger partial charge on any atom is -0.443 e. The Morgan fingerprint density at radius 3 is 2.71 bits per heavy atom. The maximum absolute atomic E-state index is 14.9. The second kappa shape index (κ2) is 9.67. The molecule has 3 aliphatic rings. The number of nitrogens with zero attached hydrogens (tertiary/aromatic N) is 3. The standard InChI is InChI=1S/C20H28FN5O5/c21-17-11-15(25-13-16(12-22)31-20(25)28)1-2-18(17)24-5-6-26(30-10-7-24)19(27)23-14-3-8-29-9-4-14/h1-2,11,14,16H,3-10,12-13,22H2,(H,23,27)/t16-/m0/s1. The van der Waals surface area contributed by atoms with Crippen LogP contribution in [-0.2, 0) is 14.3 Å². The first-order valence-electron chi connectivity index (χ1n) is 10.6. The molecule has 0 spiro atoms. The lowest BCUT2D eigenvalue weighted by Gasteiger charge is -2.27. The summed E-state index contributed by atoms with van der Waals surface area (Å²) in [5.74, 6) is -0.457. The molecule has 0 unspecified atom stereocenters. The van der Waals surface area contributed by atoms with Crippen LogP contribution in [0.2, 0.25) is 0 Å². The molecule has 10 nitrogen and oxygen atoms in total. The average Bonchev–Trinajstić information content (AvgIpc) is 2.99. The number of carbonyl (C=O) groups excluding carboxylic acids is 2. The molecule has 3 aliphatic heterocycles. The predicted octanol–water partition coefficient (Wildman–Crippen LogP) is 1.05. The van der Waals surface area contributed by atoms with Gasteiger partial charge in [0.15, 0.2) is 0 Å². The first-order valence-corrected chi connectivity index (χ1v) is 10.6. The number of nitrogens with two attached hydrogens (primary N) is 1. The van der Waals surface area contributed by atoms with E-state index in [4.69, 9.17) is 20.0 Å². The van der Waals surface area contributed by atoms with Gasteiger partial charge in [-0.05, 0) is 31.0 Å². The van der Waals surface area contributed by atoms with Gasteiger partial charge in [-0.2, -0.15) is 0 Å². The van der Waals surface area contributed by atoms with Gasteiger partial charge in [-0.3, -0.25) is 9.74 Å². The number of benzene rings is 1. The van der Waals surface area contributed by atoms with Crippen LogP contribution in [0.3, 0.4) is 0 Å². The number of nitrogens with one attached hydrogen (secondary N) is 1. The van der Waals surface area contributed by atoms with Crippen molar-refractivity contribution in [2.45, 2.75) is 25.0 Å². The normalized spacial score (nSPS) is 23.0. The number of anilines is 2. The van der Waals surface area contributed by atoms with Gasteiger partial charge in [-0.25, -0.2) is 19.0 Å². The third-order valence-electron chi connectivity index (χ3n) is 5.68. The molecule has 170 valence electrons. The van der Waals surface area contributed by atoms with Crippen LogP contribution in [0, 0.1) is 5.82 Å². The summed E-state index contributed by atoms with van der Waals surface area (Å²) in [4.78, 5) is 33.3. The second-order valence-corrected chi connectivity index (χ2v) is 7.75. The molecule has 1 aromatic rings. The fourth-order valence-corrected chi connectivity index (χ4v) is 3.91. The summed E-state index contributed by atoms with van der Waals surface area (Å²) in [5.41, 5.74) is 6.37. The molecule has 3 heterocycles. The maximum atomic E-state index is 14.9. The molecule has 31 heavy (non-hydrogen) atoms. The Labute approximate surface area is 179 Å². The van der Waals surface area contributed by atoms with Crippen molar-refractivity contribution in [2.75, 3.05) is 62.3 Å². The van der Waals surface area contributed by atoms with E-state index in [-0.39, 0.29) is 25.2 Å². The van der Waals surface area contributed by atoms with Gasteiger partial charge in [-0.1, -0.05) is 0 Å². The van der Waals surface area contributed by atoms with Crippen LogP contribution in [-0.4, -0.2) is 81.9 Å². The van der Waals surface area contributed by atoms with Crippen LogP contribution in [0.25, 0.3) is 0 Å². The zero-order valence-corrected chi connectivity index (χ0v) is 17.3. The summed E-state index contributed by atoms with van der Waals surface area (Å²) < 4.78 is 25.3. The van der Waals surface area contributed by atoms with E-state index in [0.29, 0.717) is 50.8 Å². The molecular formula is C20H28FN5O5. The number of urea groups is 1. The lowest BCUT2D eigenvalue weighted by atomic mass is 10.1. The highest BCUT2D eigenvalue weighted by atomic mass is 19.1. The van der Waals surface area contributed by atoms with Crippen LogP contribution in [0.1, 0.15) is 12.8 Å². The molecule has 3 fully saturated rings. The van der Waals surface area contributed by atoms with Crippen molar-refractivity contribution in [1.82, 2.24) is 10.4 Å². The summed E-state index contributed by atoms with van der Waals surface area (Å²) in [6, 6.07) is 4.42. The Bertz CT molecular complexity index is 806. The molecule has 0 bridgehead atoms. The number of cyclic esters (lactones) is 1. The predicted molar refractivity (Wildman–Crippen MR) is 110 cm³/mol. The van der Waals surface area contributed by atoms with Gasteiger partial charge >= 0.3 is 12.1 Å². The van der Waals surface area contributed by atoms with E-state index in [0.717, 1.165) is 12.8 Å². The number of rotatable bonds is 4. The fourth-order valence-electron chi connectivity index (χ4n) is 3.91. The van der Waals surface area contributed by atoms with E-state index in [1.54, 1.807) is 12.1 Å². The highest BCUT2D eigenvalue weighted by Gasteiger charge is 2.32. The minimum atomic E-state index is -0.531. The summed E-state index contributed by atoms with van der Waals surface area (Å²) in [7, 11) is 0. The summed E-state index contributed by atoms with van der Waals surface area (Å²) in [6.07, 6.45) is 0.632. The Balaban J connectivity index is 1.36. The van der Waals surface area contributed by atoms with E-state index >= 15 is 0 Å². The number of halogens is 1. The molecule has 0 saturated carbocycles. The molecule has 0 radical (unpaired) electrons. The zero-order chi connectivity index (χ0) is 21.8. The minimum absolute atomic E-state index is 0.0744. The molecule has 3 saturated heterocycles. The summed E-state index contributed by atoms with van der Waals surface area (Å²) >= 11 is 0. The van der Waals surface area contributed by atoms with Crippen LogP contribution in [0.4, 0.5) is 25.4 Å². The lowest BCUT2D eigenvalue weighted by Crippen LogP contribution is -2.47. The third kappa shape index (κ3) is 5.00. The average molecular weight is 437 g/mol. The molecule has 0 aliphatic carbocycles. The number of hydrogen-bond donors (Lipinski definition) is 2. The van der Waals surface area contributed by atoms with Gasteiger partial charge < -0.3 is 25.4 Å². The van der Waals surface area contributed by atoms with Gasteiger partial charge in [0.05, 0.1) is 31.1 Å². The Morgan fingerprint density at radius 2 is 2.00 bits per heavy atom. The van der Waals surface area contributed by atoms with Crippen LogP contribution >= 0.6 is 0 Å². The van der Waals surface area contributed by atoms with Crippen LogP contribution in [0.15, 0.2) is 18.2 Å². The zero-order valence-electron chi connectivity index (χ0n) is 17.3. The number of ether oxygens (including phenoxy) is 2. The number of carbonyl (C=O) groups is 2. The number of hydroxylamine groups is 2. The highest BCUT2D eigenvalue weighted by molar-refractivity contribution is 5.90. The van der Waals surface area contributed by atoms with Crippen molar-refractivity contribution < 1.29 is 28.3 Å². The topological polar surface area (TPSA) is 110 Å². The fraction of sp³-hybridized carbons (Fsp3) is 0.600. The summed E-state index contributed by atoms with van der Waals surface area (Å²) in [6.45, 7) is 3.18. The molecular weight excluding hydrogens is 409 g/mol. The van der Waals surface area contributed by atoms with Crippen LogP contribution < -0.4 is 20.9 Å². The Morgan fingerprint density at radius 1 is 1.19 bits per heavy atom. The second-order valence-electron chi connectivity index (χ2n) is 7.75. The van der Waals surface area contributed by atoms with Crippen molar-refractivity contribution in [2.24, 2.45) is 5.73 Å². The van der Waals surface area contributed by atoms with Gasteiger partial charge in [-0.15, -0.1) is 0 Å².